The van der Waals surface area contributed by atoms with Crippen molar-refractivity contribution >= 4 is 16.8 Å². The van der Waals surface area contributed by atoms with Crippen molar-refractivity contribution in [3.05, 3.63) is 46.2 Å². The molecule has 0 aliphatic heterocycles. The molecule has 2 N–H and O–H groups in total. The molecule has 2 saturated carbocycles. The zero-order valence-corrected chi connectivity index (χ0v) is 13.3. The molecule has 23 heavy (non-hydrogen) atoms. The topological polar surface area (TPSA) is 62.0 Å². The zero-order chi connectivity index (χ0) is 16.0. The molecule has 0 unspecified atom stereocenters. The van der Waals surface area contributed by atoms with Crippen LogP contribution in [0, 0.1) is 17.8 Å². The van der Waals surface area contributed by atoms with E-state index in [0.29, 0.717) is 17.0 Å². The largest absolute Gasteiger partial charge is 0.349 e. The first kappa shape index (κ1) is 14.5. The van der Waals surface area contributed by atoms with Crippen molar-refractivity contribution in [3.63, 3.8) is 0 Å². The smallest absolute Gasteiger partial charge is 0.252 e. The number of benzene rings is 1. The molecule has 2 aliphatic rings. The maximum Gasteiger partial charge on any atom is 0.252 e. The van der Waals surface area contributed by atoms with Crippen molar-refractivity contribution in [2.24, 2.45) is 17.8 Å². The highest BCUT2D eigenvalue weighted by Crippen LogP contribution is 2.49. The van der Waals surface area contributed by atoms with Crippen LogP contribution in [0.15, 0.2) is 35.1 Å². The summed E-state index contributed by atoms with van der Waals surface area (Å²) in [5, 5.41) is 3.95. The van der Waals surface area contributed by atoms with Gasteiger partial charge in [-0.25, -0.2) is 0 Å². The van der Waals surface area contributed by atoms with E-state index in [2.05, 4.69) is 17.2 Å². The van der Waals surface area contributed by atoms with Gasteiger partial charge in [-0.05, 0) is 50.0 Å². The summed E-state index contributed by atoms with van der Waals surface area (Å²) in [6, 6.07) is 9.02. The monoisotopic (exact) mass is 310 g/mol. The Morgan fingerprint density at radius 1 is 1.26 bits per heavy atom. The number of amides is 1. The van der Waals surface area contributed by atoms with Gasteiger partial charge >= 0.3 is 0 Å². The Morgan fingerprint density at radius 3 is 2.83 bits per heavy atom. The number of aromatic amines is 1. The van der Waals surface area contributed by atoms with Gasteiger partial charge in [0.1, 0.15) is 0 Å². The van der Waals surface area contributed by atoms with Crippen molar-refractivity contribution in [1.82, 2.24) is 10.3 Å². The summed E-state index contributed by atoms with van der Waals surface area (Å²) in [5.74, 6) is 2.09. The second kappa shape index (κ2) is 5.52. The standard InChI is InChI=1S/C19H22N2O2/c1-11(15-9-12-6-7-13(15)8-12)20-19(23)16-10-18(22)21-17-5-3-2-4-14(16)17/h2-5,10-13,15H,6-9H2,1H3,(H,20,23)(H,21,22)/t11-,12-,13-,15-/m0/s1. The molecule has 2 aliphatic carbocycles. The Labute approximate surface area is 135 Å². The predicted octanol–water partition coefficient (Wildman–Crippen LogP) is 3.08. The number of pyridine rings is 1. The van der Waals surface area contributed by atoms with E-state index in [-0.39, 0.29) is 17.5 Å². The summed E-state index contributed by atoms with van der Waals surface area (Å²) in [7, 11) is 0. The van der Waals surface area contributed by atoms with E-state index in [9.17, 15) is 9.59 Å². The third-order valence-corrected chi connectivity index (χ3v) is 5.79. The molecule has 2 aromatic rings. The van der Waals surface area contributed by atoms with E-state index in [1.54, 1.807) is 0 Å². The zero-order valence-electron chi connectivity index (χ0n) is 13.3. The van der Waals surface area contributed by atoms with E-state index in [0.717, 1.165) is 17.2 Å². The van der Waals surface area contributed by atoms with E-state index in [4.69, 9.17) is 0 Å². The number of carbonyl (C=O) groups is 1. The minimum Gasteiger partial charge on any atom is -0.349 e. The number of hydrogen-bond acceptors (Lipinski definition) is 2. The molecular weight excluding hydrogens is 288 g/mol. The number of para-hydroxylation sites is 1. The minimum atomic E-state index is -0.235. The summed E-state index contributed by atoms with van der Waals surface area (Å²) in [6.07, 6.45) is 5.24. The lowest BCUT2D eigenvalue weighted by atomic mass is 9.84. The molecule has 2 bridgehead atoms. The van der Waals surface area contributed by atoms with Crippen LogP contribution >= 0.6 is 0 Å². The second-order valence-electron chi connectivity index (χ2n) is 7.19. The third kappa shape index (κ3) is 2.56. The normalized spacial score (nSPS) is 27.3. The van der Waals surface area contributed by atoms with Gasteiger partial charge in [-0.3, -0.25) is 9.59 Å². The first-order valence-electron chi connectivity index (χ1n) is 8.55. The Balaban J connectivity index is 1.58. The number of hydrogen-bond donors (Lipinski definition) is 2. The molecule has 1 aromatic heterocycles. The Bertz CT molecular complexity index is 810. The van der Waals surface area contributed by atoms with E-state index >= 15 is 0 Å². The lowest BCUT2D eigenvalue weighted by molar-refractivity contribution is 0.0917. The van der Waals surface area contributed by atoms with Crippen molar-refractivity contribution in [1.29, 1.82) is 0 Å². The van der Waals surface area contributed by atoms with Crippen molar-refractivity contribution < 1.29 is 4.79 Å². The molecule has 2 fully saturated rings. The van der Waals surface area contributed by atoms with Crippen LogP contribution in [0.1, 0.15) is 43.0 Å². The van der Waals surface area contributed by atoms with Crippen LogP contribution in [0.2, 0.25) is 0 Å². The summed E-state index contributed by atoms with van der Waals surface area (Å²) in [6.45, 7) is 2.11. The number of nitrogens with one attached hydrogen (secondary N) is 2. The summed E-state index contributed by atoms with van der Waals surface area (Å²) in [4.78, 5) is 27.3. The molecule has 4 rings (SSSR count). The van der Waals surface area contributed by atoms with Crippen molar-refractivity contribution in [3.8, 4) is 0 Å². The van der Waals surface area contributed by atoms with Crippen LogP contribution in [0.4, 0.5) is 0 Å². The van der Waals surface area contributed by atoms with E-state index in [1.165, 1.54) is 31.7 Å². The minimum absolute atomic E-state index is 0.137. The molecule has 4 atom stereocenters. The molecule has 4 nitrogen and oxygen atoms in total. The van der Waals surface area contributed by atoms with Crippen LogP contribution in [0.25, 0.3) is 10.9 Å². The van der Waals surface area contributed by atoms with Gasteiger partial charge in [-0.1, -0.05) is 24.6 Å². The molecule has 4 heteroatoms. The fourth-order valence-electron chi connectivity index (χ4n) is 4.69. The van der Waals surface area contributed by atoms with Gasteiger partial charge in [0.2, 0.25) is 5.56 Å². The molecule has 1 heterocycles. The Kier molecular flexibility index (Phi) is 3.47. The molecule has 1 aromatic carbocycles. The predicted molar refractivity (Wildman–Crippen MR) is 90.4 cm³/mol. The quantitative estimate of drug-likeness (QED) is 0.915. The van der Waals surface area contributed by atoms with Crippen LogP contribution in [0.5, 0.6) is 0 Å². The highest BCUT2D eigenvalue weighted by molar-refractivity contribution is 6.06. The summed E-state index contributed by atoms with van der Waals surface area (Å²) in [5.41, 5.74) is 0.943. The fourth-order valence-corrected chi connectivity index (χ4v) is 4.69. The average molecular weight is 310 g/mol. The summed E-state index contributed by atoms with van der Waals surface area (Å²) >= 11 is 0. The number of rotatable bonds is 3. The lowest BCUT2D eigenvalue weighted by Crippen LogP contribution is -2.40. The lowest BCUT2D eigenvalue weighted by Gasteiger charge is -2.28. The molecule has 0 radical (unpaired) electrons. The Hall–Kier alpha value is -2.10. The van der Waals surface area contributed by atoms with Gasteiger partial charge in [0.15, 0.2) is 0 Å². The molecule has 0 saturated heterocycles. The van der Waals surface area contributed by atoms with E-state index < -0.39 is 0 Å². The Morgan fingerprint density at radius 2 is 2.09 bits per heavy atom. The highest BCUT2D eigenvalue weighted by atomic mass is 16.2. The van der Waals surface area contributed by atoms with Crippen molar-refractivity contribution in [2.45, 2.75) is 38.6 Å². The average Bonchev–Trinajstić information content (AvgIpc) is 3.17. The molecular formula is C19H22N2O2. The van der Waals surface area contributed by atoms with Crippen LogP contribution < -0.4 is 10.9 Å². The third-order valence-electron chi connectivity index (χ3n) is 5.79. The number of H-pyrrole nitrogens is 1. The molecule has 120 valence electrons. The maximum atomic E-state index is 12.7. The number of fused-ring (bicyclic) bond motifs is 3. The van der Waals surface area contributed by atoms with E-state index in [1.807, 2.05) is 24.3 Å². The SMILES string of the molecule is C[C@H](NC(=O)c1cc(=O)[nH]c2ccccc12)[C@@H]1C[C@H]2CC[C@H]1C2. The van der Waals surface area contributed by atoms with Crippen LogP contribution in [-0.4, -0.2) is 16.9 Å². The van der Waals surface area contributed by atoms with Gasteiger partial charge in [0, 0.05) is 23.0 Å². The fraction of sp³-hybridized carbons (Fsp3) is 0.474. The van der Waals surface area contributed by atoms with Gasteiger partial charge < -0.3 is 10.3 Å². The van der Waals surface area contributed by atoms with Gasteiger partial charge in [0.25, 0.3) is 5.91 Å². The maximum absolute atomic E-state index is 12.7. The number of carbonyl (C=O) groups excluding carboxylic acids is 1. The highest BCUT2D eigenvalue weighted by Gasteiger charge is 2.42. The van der Waals surface area contributed by atoms with Gasteiger partial charge in [0.05, 0.1) is 5.56 Å². The van der Waals surface area contributed by atoms with Crippen molar-refractivity contribution in [2.75, 3.05) is 0 Å². The van der Waals surface area contributed by atoms with Crippen LogP contribution in [-0.2, 0) is 0 Å². The van der Waals surface area contributed by atoms with Gasteiger partial charge in [-0.2, -0.15) is 0 Å². The van der Waals surface area contributed by atoms with Crippen LogP contribution in [0.3, 0.4) is 0 Å². The molecule has 0 spiro atoms. The molecule has 1 amide bonds. The second-order valence-corrected chi connectivity index (χ2v) is 7.19. The first-order valence-corrected chi connectivity index (χ1v) is 8.55. The first-order chi connectivity index (χ1) is 11.1. The summed E-state index contributed by atoms with van der Waals surface area (Å²) < 4.78 is 0. The van der Waals surface area contributed by atoms with Gasteiger partial charge in [-0.15, -0.1) is 0 Å². The number of aromatic nitrogens is 1.